The Morgan fingerprint density at radius 1 is 1.00 bits per heavy atom. The van der Waals surface area contributed by atoms with E-state index in [2.05, 4.69) is 17.2 Å². The van der Waals surface area contributed by atoms with Crippen LogP contribution >= 0.6 is 12.2 Å². The Hall–Kier alpha value is -3.60. The fourth-order valence-corrected chi connectivity index (χ4v) is 4.91. The quantitative estimate of drug-likeness (QED) is 0.122. The van der Waals surface area contributed by atoms with E-state index in [-0.39, 0.29) is 17.3 Å². The molecule has 0 saturated carbocycles. The van der Waals surface area contributed by atoms with E-state index >= 15 is 0 Å². The molecule has 0 aliphatic heterocycles. The van der Waals surface area contributed by atoms with Gasteiger partial charge in [0.2, 0.25) is 15.9 Å². The molecule has 39 heavy (non-hydrogen) atoms. The minimum atomic E-state index is -3.87. The van der Waals surface area contributed by atoms with Crippen LogP contribution in [0.3, 0.4) is 0 Å². The van der Waals surface area contributed by atoms with E-state index in [1.807, 2.05) is 36.1 Å². The summed E-state index contributed by atoms with van der Waals surface area (Å²) in [6.45, 7) is 4.92. The molecule has 0 fully saturated rings. The van der Waals surface area contributed by atoms with E-state index < -0.39 is 10.0 Å². The third-order valence-electron chi connectivity index (χ3n) is 6.09. The lowest BCUT2D eigenvalue weighted by Crippen LogP contribution is -2.34. The van der Waals surface area contributed by atoms with Crippen LogP contribution in [-0.2, 0) is 14.8 Å². The number of anilines is 2. The van der Waals surface area contributed by atoms with Gasteiger partial charge in [0.15, 0.2) is 0 Å². The van der Waals surface area contributed by atoms with Crippen molar-refractivity contribution in [3.8, 4) is 11.1 Å². The smallest absolute Gasteiger partial charge is 0.243 e. The van der Waals surface area contributed by atoms with E-state index in [1.165, 1.54) is 6.07 Å². The fraction of sp³-hybridized carbons (Fsp3) is 0.276. The van der Waals surface area contributed by atoms with Crippen LogP contribution in [0.1, 0.15) is 45.1 Å². The summed E-state index contributed by atoms with van der Waals surface area (Å²) in [6, 6.07) is 21.2. The van der Waals surface area contributed by atoms with Gasteiger partial charge in [0, 0.05) is 29.0 Å². The number of rotatable bonds is 12. The van der Waals surface area contributed by atoms with Crippen molar-refractivity contribution in [2.24, 2.45) is 15.9 Å². The molecule has 1 amide bonds. The maximum absolute atomic E-state index is 13.1. The number of thiocarbonyl (C=S) groups is 1. The summed E-state index contributed by atoms with van der Waals surface area (Å²) in [4.78, 5) is 20.0. The number of nitrogens with zero attached hydrogens (tertiary/aromatic N) is 2. The van der Waals surface area contributed by atoms with Crippen molar-refractivity contribution in [2.75, 3.05) is 23.3 Å². The van der Waals surface area contributed by atoms with Gasteiger partial charge in [-0.2, -0.15) is 0 Å². The van der Waals surface area contributed by atoms with Gasteiger partial charge >= 0.3 is 0 Å². The zero-order valence-corrected chi connectivity index (χ0v) is 23.9. The maximum atomic E-state index is 13.1. The monoisotopic (exact) mass is 565 g/mol. The minimum absolute atomic E-state index is 0.0499. The first-order valence-corrected chi connectivity index (χ1v) is 14.8. The first kappa shape index (κ1) is 29.9. The zero-order valence-electron chi connectivity index (χ0n) is 22.3. The predicted octanol–water partition coefficient (Wildman–Crippen LogP) is 5.08. The van der Waals surface area contributed by atoms with E-state index in [0.717, 1.165) is 30.5 Å². The average Bonchev–Trinajstić information content (AvgIpc) is 2.92. The highest BCUT2D eigenvalue weighted by Gasteiger charge is 2.16. The van der Waals surface area contributed by atoms with Crippen molar-refractivity contribution in [3.05, 3.63) is 78.4 Å². The maximum Gasteiger partial charge on any atom is 0.243 e. The van der Waals surface area contributed by atoms with Crippen LogP contribution in [-0.4, -0.2) is 38.2 Å². The molecule has 0 atom stereocenters. The highest BCUT2D eigenvalue weighted by atomic mass is 32.2. The molecular weight excluding hydrogens is 530 g/mol. The molecule has 0 spiro atoms. The number of aliphatic imine (C=N–C) groups is 1. The van der Waals surface area contributed by atoms with Crippen LogP contribution in [0.25, 0.3) is 11.1 Å². The fourth-order valence-electron chi connectivity index (χ4n) is 4.05. The third-order valence-corrected chi connectivity index (χ3v) is 7.44. The molecule has 206 valence electrons. The lowest BCUT2D eigenvalue weighted by molar-refractivity contribution is -0.115. The molecule has 3 rings (SSSR count). The molecule has 0 heterocycles. The number of benzene rings is 3. The molecule has 3 aromatic rings. The molecule has 0 aromatic heterocycles. The third kappa shape index (κ3) is 8.71. The number of hydrogen-bond donors (Lipinski definition) is 3. The number of unbranched alkanes of at least 4 members (excludes halogenated alkanes) is 2. The Bertz CT molecular complexity index is 1440. The normalized spacial score (nSPS) is 11.7. The number of nitrogens with one attached hydrogen (secondary N) is 1. The molecule has 5 N–H and O–H groups in total. The Kier molecular flexibility index (Phi) is 10.7. The molecule has 8 nitrogen and oxygen atoms in total. The molecule has 3 aromatic carbocycles. The Labute approximate surface area is 236 Å². The van der Waals surface area contributed by atoms with Gasteiger partial charge in [-0.05, 0) is 48.7 Å². The summed E-state index contributed by atoms with van der Waals surface area (Å²) >= 11 is 5.20. The Balaban J connectivity index is 1.77. The summed E-state index contributed by atoms with van der Waals surface area (Å²) in [6.07, 6.45) is 3.69. The van der Waals surface area contributed by atoms with Crippen LogP contribution in [0.4, 0.5) is 11.4 Å². The van der Waals surface area contributed by atoms with Gasteiger partial charge in [-0.25, -0.2) is 18.5 Å². The topological polar surface area (TPSA) is 131 Å². The molecule has 0 unspecified atom stereocenters. The number of sulfonamides is 1. The Morgan fingerprint density at radius 3 is 2.38 bits per heavy atom. The summed E-state index contributed by atoms with van der Waals surface area (Å²) < 4.78 is 23.9. The molecule has 0 saturated heterocycles. The van der Waals surface area contributed by atoms with E-state index in [1.54, 1.807) is 42.5 Å². The van der Waals surface area contributed by atoms with Gasteiger partial charge in [0.05, 0.1) is 11.4 Å². The van der Waals surface area contributed by atoms with Crippen molar-refractivity contribution in [1.82, 2.24) is 0 Å². The van der Waals surface area contributed by atoms with E-state index in [9.17, 15) is 13.2 Å². The van der Waals surface area contributed by atoms with Gasteiger partial charge in [0.25, 0.3) is 0 Å². The molecule has 10 heteroatoms. The second-order valence-electron chi connectivity index (χ2n) is 9.09. The van der Waals surface area contributed by atoms with Crippen LogP contribution in [0.5, 0.6) is 0 Å². The standard InChI is InChI=1S/C29H35N5O3S2/c1-3-5-8-18-34(24-11-9-10-22(19-24)29(30)33-28(38)4-2)20-27(35)32-23-16-14-21(15-17-23)25-12-6-7-13-26(25)39(31,36)37/h6-7,9-17,19H,3-5,8,18,20H2,1-2H3,(H,32,35)(H2,30,33,38)(H2,31,36,37). The number of amides is 1. The lowest BCUT2D eigenvalue weighted by Gasteiger charge is -2.25. The van der Waals surface area contributed by atoms with Gasteiger partial charge in [0.1, 0.15) is 10.8 Å². The van der Waals surface area contributed by atoms with Gasteiger partial charge in [-0.3, -0.25) is 4.79 Å². The summed E-state index contributed by atoms with van der Waals surface area (Å²) in [5.74, 6) is 0.175. The highest BCUT2D eigenvalue weighted by Crippen LogP contribution is 2.27. The average molecular weight is 566 g/mol. The Morgan fingerprint density at radius 2 is 1.72 bits per heavy atom. The van der Waals surface area contributed by atoms with Crippen molar-refractivity contribution in [2.45, 2.75) is 44.4 Å². The van der Waals surface area contributed by atoms with Gasteiger partial charge in [-0.1, -0.05) is 81.4 Å². The first-order valence-electron chi connectivity index (χ1n) is 12.9. The number of carbonyl (C=O) groups excluding carboxylic acids is 1. The van der Waals surface area contributed by atoms with Crippen molar-refractivity contribution in [3.63, 3.8) is 0 Å². The second-order valence-corrected chi connectivity index (χ2v) is 11.1. The number of primary sulfonamides is 1. The second kappa shape index (κ2) is 14.0. The minimum Gasteiger partial charge on any atom is -0.383 e. The molecular formula is C29H35N5O3S2. The largest absolute Gasteiger partial charge is 0.383 e. The van der Waals surface area contributed by atoms with Gasteiger partial charge in [-0.15, -0.1) is 0 Å². The zero-order chi connectivity index (χ0) is 28.4. The summed E-state index contributed by atoms with van der Waals surface area (Å²) in [5, 5.41) is 8.31. The van der Waals surface area contributed by atoms with Crippen molar-refractivity contribution in [1.29, 1.82) is 0 Å². The number of nitrogens with two attached hydrogens (primary N) is 2. The lowest BCUT2D eigenvalue weighted by atomic mass is 10.1. The summed E-state index contributed by atoms with van der Waals surface area (Å²) in [7, 11) is -3.87. The summed E-state index contributed by atoms with van der Waals surface area (Å²) in [5.41, 5.74) is 9.58. The molecule has 0 aliphatic rings. The number of carbonyl (C=O) groups is 1. The first-order chi connectivity index (χ1) is 18.6. The van der Waals surface area contributed by atoms with E-state index in [0.29, 0.717) is 40.6 Å². The molecule has 0 aliphatic carbocycles. The van der Waals surface area contributed by atoms with Crippen LogP contribution in [0.15, 0.2) is 82.7 Å². The molecule has 0 radical (unpaired) electrons. The van der Waals surface area contributed by atoms with E-state index in [4.69, 9.17) is 23.1 Å². The van der Waals surface area contributed by atoms with Crippen LogP contribution in [0.2, 0.25) is 0 Å². The highest BCUT2D eigenvalue weighted by molar-refractivity contribution is 7.89. The number of hydrogen-bond acceptors (Lipinski definition) is 5. The number of amidine groups is 1. The van der Waals surface area contributed by atoms with Crippen molar-refractivity contribution >= 4 is 50.3 Å². The van der Waals surface area contributed by atoms with Crippen molar-refractivity contribution < 1.29 is 13.2 Å². The molecule has 0 bridgehead atoms. The van der Waals surface area contributed by atoms with Crippen LogP contribution in [0, 0.1) is 0 Å². The van der Waals surface area contributed by atoms with Crippen LogP contribution < -0.4 is 21.1 Å². The van der Waals surface area contributed by atoms with Gasteiger partial charge < -0.3 is 16.0 Å². The SMILES string of the molecule is CCCCCN(CC(=O)Nc1ccc(-c2ccccc2S(N)(=O)=O)cc1)c1cccc(C(N)=NC(=S)CC)c1. The predicted molar refractivity (Wildman–Crippen MR) is 164 cm³/mol.